The molecule has 0 radical (unpaired) electrons. The SMILES string of the molecule is CN=C/C(Br)=C(C)/N=C(\C=C(/C)NC1CCN(Cc2ccccc2SC)CC1)c1ccccc1O. The average Bonchev–Trinajstić information content (AvgIpc) is 2.85. The first-order valence-electron chi connectivity index (χ1n) is 11.9. The monoisotopic (exact) mass is 554 g/mol. The molecule has 1 heterocycles. The second kappa shape index (κ2) is 13.7. The second-order valence-corrected chi connectivity index (χ2v) is 10.4. The fraction of sp³-hybridized carbons (Fsp3) is 0.357. The summed E-state index contributed by atoms with van der Waals surface area (Å²) in [6, 6.07) is 16.4. The Morgan fingerprint density at radius 3 is 2.51 bits per heavy atom. The summed E-state index contributed by atoms with van der Waals surface area (Å²) in [6.45, 7) is 7.13. The van der Waals surface area contributed by atoms with Crippen molar-refractivity contribution in [3.63, 3.8) is 0 Å². The first kappa shape index (κ1) is 27.2. The Bertz CT molecular complexity index is 1120. The molecule has 7 heteroatoms. The Kier molecular flexibility index (Phi) is 10.6. The van der Waals surface area contributed by atoms with Crippen LogP contribution in [0, 0.1) is 0 Å². The normalized spacial score (nSPS) is 17.1. The van der Waals surface area contributed by atoms with Crippen molar-refractivity contribution in [2.45, 2.75) is 44.2 Å². The van der Waals surface area contributed by atoms with Gasteiger partial charge < -0.3 is 10.4 Å². The molecule has 0 aliphatic carbocycles. The van der Waals surface area contributed by atoms with Crippen molar-refractivity contribution in [1.82, 2.24) is 10.2 Å². The molecule has 0 atom stereocenters. The number of hydrogen-bond donors (Lipinski definition) is 2. The Balaban J connectivity index is 1.70. The molecule has 5 nitrogen and oxygen atoms in total. The summed E-state index contributed by atoms with van der Waals surface area (Å²) < 4.78 is 0.808. The first-order valence-corrected chi connectivity index (χ1v) is 13.9. The molecule has 0 bridgehead atoms. The molecule has 1 aliphatic heterocycles. The highest BCUT2D eigenvalue weighted by Crippen LogP contribution is 2.24. The lowest BCUT2D eigenvalue weighted by molar-refractivity contribution is 0.194. The van der Waals surface area contributed by atoms with Gasteiger partial charge in [-0.3, -0.25) is 14.9 Å². The Labute approximate surface area is 222 Å². The minimum atomic E-state index is 0.210. The van der Waals surface area contributed by atoms with Gasteiger partial charge in [-0.05, 0) is 78.7 Å². The molecule has 1 saturated heterocycles. The predicted octanol–water partition coefficient (Wildman–Crippen LogP) is 6.39. The van der Waals surface area contributed by atoms with Crippen LogP contribution in [0.4, 0.5) is 0 Å². The lowest BCUT2D eigenvalue weighted by Crippen LogP contribution is -2.41. The zero-order valence-electron chi connectivity index (χ0n) is 21.0. The van der Waals surface area contributed by atoms with E-state index in [1.165, 1.54) is 10.5 Å². The van der Waals surface area contributed by atoms with E-state index in [1.54, 1.807) is 19.3 Å². The van der Waals surface area contributed by atoms with Crippen LogP contribution in [-0.4, -0.2) is 54.4 Å². The number of phenols is 1. The van der Waals surface area contributed by atoms with Crippen LogP contribution in [0.5, 0.6) is 5.75 Å². The maximum absolute atomic E-state index is 10.5. The number of phenolic OH excluding ortho intramolecular Hbond substituents is 1. The average molecular weight is 556 g/mol. The third-order valence-corrected chi connectivity index (χ3v) is 7.63. The number of piperidine rings is 1. The molecular weight excluding hydrogens is 520 g/mol. The van der Waals surface area contributed by atoms with Crippen LogP contribution in [-0.2, 0) is 6.54 Å². The molecule has 3 rings (SSSR count). The van der Waals surface area contributed by atoms with Gasteiger partial charge in [-0.1, -0.05) is 30.3 Å². The minimum absolute atomic E-state index is 0.210. The number of thioether (sulfide) groups is 1. The number of hydrogen-bond acceptors (Lipinski definition) is 6. The lowest BCUT2D eigenvalue weighted by Gasteiger charge is -2.33. The highest BCUT2D eigenvalue weighted by molar-refractivity contribution is 9.12. The predicted molar refractivity (Wildman–Crippen MR) is 154 cm³/mol. The number of benzene rings is 2. The molecule has 2 aromatic rings. The quantitative estimate of drug-likeness (QED) is 0.278. The molecule has 1 aliphatic rings. The lowest BCUT2D eigenvalue weighted by atomic mass is 10.0. The maximum Gasteiger partial charge on any atom is 0.124 e. The zero-order chi connectivity index (χ0) is 25.2. The van der Waals surface area contributed by atoms with E-state index in [4.69, 9.17) is 4.99 Å². The molecule has 2 N–H and O–H groups in total. The number of aromatic hydroxyl groups is 1. The summed E-state index contributed by atoms with van der Waals surface area (Å²) in [6.07, 6.45) is 8.06. The number of para-hydroxylation sites is 1. The van der Waals surface area contributed by atoms with Crippen LogP contribution in [0.25, 0.3) is 0 Å². The number of likely N-dealkylation sites (tertiary alicyclic amines) is 1. The number of allylic oxidation sites excluding steroid dienone is 4. The van der Waals surface area contributed by atoms with Crippen molar-refractivity contribution in [2.24, 2.45) is 9.98 Å². The highest BCUT2D eigenvalue weighted by atomic mass is 79.9. The van der Waals surface area contributed by atoms with Crippen molar-refractivity contribution in [3.05, 3.63) is 81.6 Å². The van der Waals surface area contributed by atoms with Crippen LogP contribution in [0.15, 0.2) is 85.4 Å². The van der Waals surface area contributed by atoms with Gasteiger partial charge in [0, 0.05) is 55.1 Å². The molecule has 0 unspecified atom stereocenters. The van der Waals surface area contributed by atoms with Gasteiger partial charge in [-0.25, -0.2) is 0 Å². The van der Waals surface area contributed by atoms with E-state index in [0.717, 1.165) is 48.4 Å². The molecule has 0 aromatic heterocycles. The molecule has 0 amide bonds. The number of nitrogens with one attached hydrogen (secondary N) is 1. The van der Waals surface area contributed by atoms with Crippen molar-refractivity contribution in [1.29, 1.82) is 0 Å². The fourth-order valence-corrected chi connectivity index (χ4v) is 5.08. The van der Waals surface area contributed by atoms with Gasteiger partial charge in [-0.15, -0.1) is 11.8 Å². The third-order valence-electron chi connectivity index (χ3n) is 6.02. The van der Waals surface area contributed by atoms with Crippen LogP contribution in [0.3, 0.4) is 0 Å². The molecule has 2 aromatic carbocycles. The van der Waals surface area contributed by atoms with Gasteiger partial charge in [0.2, 0.25) is 0 Å². The van der Waals surface area contributed by atoms with Gasteiger partial charge in [0.05, 0.1) is 15.9 Å². The first-order chi connectivity index (χ1) is 16.9. The van der Waals surface area contributed by atoms with Crippen LogP contribution in [0.1, 0.15) is 37.8 Å². The maximum atomic E-state index is 10.5. The molecule has 186 valence electrons. The summed E-state index contributed by atoms with van der Waals surface area (Å²) in [5, 5.41) is 14.2. The van der Waals surface area contributed by atoms with Crippen molar-refractivity contribution in [3.8, 4) is 5.75 Å². The smallest absolute Gasteiger partial charge is 0.124 e. The van der Waals surface area contributed by atoms with Crippen LogP contribution in [0.2, 0.25) is 0 Å². The number of nitrogens with zero attached hydrogens (tertiary/aromatic N) is 3. The van der Waals surface area contributed by atoms with Gasteiger partial charge in [0.15, 0.2) is 0 Å². The number of rotatable bonds is 9. The van der Waals surface area contributed by atoms with Crippen LogP contribution >= 0.6 is 27.7 Å². The number of aliphatic imine (C=N–C) groups is 2. The third kappa shape index (κ3) is 8.09. The van der Waals surface area contributed by atoms with E-state index in [2.05, 4.69) is 68.6 Å². The summed E-state index contributed by atoms with van der Waals surface area (Å²) in [5.74, 6) is 0.210. The van der Waals surface area contributed by atoms with E-state index in [1.807, 2.05) is 43.0 Å². The van der Waals surface area contributed by atoms with Gasteiger partial charge >= 0.3 is 0 Å². The summed E-state index contributed by atoms with van der Waals surface area (Å²) >= 11 is 5.34. The molecule has 0 saturated carbocycles. The van der Waals surface area contributed by atoms with E-state index >= 15 is 0 Å². The van der Waals surface area contributed by atoms with E-state index in [0.29, 0.717) is 17.3 Å². The van der Waals surface area contributed by atoms with E-state index in [9.17, 15) is 5.11 Å². The summed E-state index contributed by atoms with van der Waals surface area (Å²) in [4.78, 5) is 12.8. The fourth-order valence-electron chi connectivity index (χ4n) is 4.18. The highest BCUT2D eigenvalue weighted by Gasteiger charge is 2.20. The Morgan fingerprint density at radius 1 is 1.14 bits per heavy atom. The van der Waals surface area contributed by atoms with Gasteiger partial charge in [-0.2, -0.15) is 0 Å². The molecule has 0 spiro atoms. The van der Waals surface area contributed by atoms with Crippen molar-refractivity contribution >= 4 is 39.6 Å². The van der Waals surface area contributed by atoms with Crippen LogP contribution < -0.4 is 5.32 Å². The zero-order valence-corrected chi connectivity index (χ0v) is 23.4. The minimum Gasteiger partial charge on any atom is -0.507 e. The van der Waals surface area contributed by atoms with Crippen molar-refractivity contribution < 1.29 is 5.11 Å². The summed E-state index contributed by atoms with van der Waals surface area (Å²) in [7, 11) is 1.73. The summed E-state index contributed by atoms with van der Waals surface area (Å²) in [5.41, 5.74) is 4.64. The largest absolute Gasteiger partial charge is 0.507 e. The van der Waals surface area contributed by atoms with Gasteiger partial charge in [0.1, 0.15) is 5.75 Å². The van der Waals surface area contributed by atoms with E-state index < -0.39 is 0 Å². The van der Waals surface area contributed by atoms with Gasteiger partial charge in [0.25, 0.3) is 0 Å². The standard InChI is InChI=1S/C28H35BrN4OS/c1-20(17-26(24-10-6-7-11-27(24)34)32-21(2)25(29)18-30-3)31-23-13-15-33(16-14-23)19-22-9-5-8-12-28(22)35-4/h5-12,17-18,23,31,34H,13-16,19H2,1-4H3/b20-17+,25-21-,30-18?,32-26+. The number of halogens is 1. The van der Waals surface area contributed by atoms with E-state index in [-0.39, 0.29) is 5.75 Å². The molecule has 35 heavy (non-hydrogen) atoms. The Hall–Kier alpha value is -2.35. The topological polar surface area (TPSA) is 60.2 Å². The second-order valence-electron chi connectivity index (χ2n) is 8.67. The van der Waals surface area contributed by atoms with Crippen molar-refractivity contribution in [2.75, 3.05) is 26.4 Å². The molecular formula is C28H35BrN4OS. The molecule has 1 fully saturated rings. The Morgan fingerprint density at radius 2 is 1.83 bits per heavy atom.